The van der Waals surface area contributed by atoms with E-state index in [1.165, 1.54) is 30.6 Å². The predicted octanol–water partition coefficient (Wildman–Crippen LogP) is 3.63. The summed E-state index contributed by atoms with van der Waals surface area (Å²) in [6.07, 6.45) is 7.02. The summed E-state index contributed by atoms with van der Waals surface area (Å²) in [5, 5.41) is 11.8. The van der Waals surface area contributed by atoms with Crippen LogP contribution in [0.3, 0.4) is 0 Å². The minimum atomic E-state index is 0. The van der Waals surface area contributed by atoms with E-state index < -0.39 is 0 Å². The number of methoxy groups -OCH3 is 1. The Balaban J connectivity index is 0.00000272. The average molecular weight is 557 g/mol. The molecule has 2 N–H and O–H groups in total. The zero-order chi connectivity index (χ0) is 20.8. The highest BCUT2D eigenvalue weighted by Gasteiger charge is 2.35. The number of aryl methyl sites for hydroxylation is 1. The van der Waals surface area contributed by atoms with Gasteiger partial charge in [0.25, 0.3) is 0 Å². The van der Waals surface area contributed by atoms with Crippen LogP contribution in [0.15, 0.2) is 40.2 Å². The summed E-state index contributed by atoms with van der Waals surface area (Å²) in [6, 6.07) is 11.1. The van der Waals surface area contributed by atoms with E-state index in [4.69, 9.17) is 4.74 Å². The van der Waals surface area contributed by atoms with Crippen LogP contribution in [0.25, 0.3) is 0 Å². The van der Waals surface area contributed by atoms with E-state index >= 15 is 0 Å². The van der Waals surface area contributed by atoms with Crippen LogP contribution in [0, 0.1) is 0 Å². The van der Waals surface area contributed by atoms with Crippen LogP contribution in [-0.4, -0.2) is 52.2 Å². The molecule has 1 aliphatic carbocycles. The number of halogens is 1. The summed E-state index contributed by atoms with van der Waals surface area (Å²) >= 11 is 2.02. The highest BCUT2D eigenvalue weighted by molar-refractivity contribution is 14.0. The fraction of sp³-hybridized carbons (Fsp3) is 0.591. The van der Waals surface area contributed by atoms with E-state index in [1.807, 2.05) is 23.5 Å². The van der Waals surface area contributed by atoms with Gasteiger partial charge in [0.05, 0.1) is 6.54 Å². The van der Waals surface area contributed by atoms with Crippen LogP contribution in [0.1, 0.15) is 43.8 Å². The van der Waals surface area contributed by atoms with Gasteiger partial charge >= 0.3 is 0 Å². The number of benzene rings is 1. The lowest BCUT2D eigenvalue weighted by atomic mass is 10.1. The van der Waals surface area contributed by atoms with Gasteiger partial charge in [-0.25, -0.2) is 9.67 Å². The van der Waals surface area contributed by atoms with E-state index in [-0.39, 0.29) is 28.7 Å². The molecule has 0 bridgehead atoms. The molecule has 1 atom stereocenters. The molecule has 0 radical (unpaired) electrons. The Bertz CT molecular complexity index is 853. The summed E-state index contributed by atoms with van der Waals surface area (Å²) in [5.41, 5.74) is 0. The third-order valence-electron chi connectivity index (χ3n) is 5.91. The zero-order valence-electron chi connectivity index (χ0n) is 18.3. The van der Waals surface area contributed by atoms with Crippen molar-refractivity contribution in [3.63, 3.8) is 0 Å². The van der Waals surface area contributed by atoms with Gasteiger partial charge in [-0.15, -0.1) is 35.7 Å². The largest absolute Gasteiger partial charge is 0.377 e. The predicted molar refractivity (Wildman–Crippen MR) is 136 cm³/mol. The standard InChI is InChI=1S/C22H32N6OS.HI/c1-23-21(25-17-10-11-20-26-19(15-29-2)27-28(20)14-17)24-16-22(12-6-7-13-22)30-18-8-4-3-5-9-18;/h3-5,8-9,17H,6-7,10-16H2,1-2H3,(H2,23,24,25);1H. The van der Waals surface area contributed by atoms with Crippen LogP contribution >= 0.6 is 35.7 Å². The lowest BCUT2D eigenvalue weighted by molar-refractivity contribution is 0.177. The SMILES string of the molecule is CN=C(NCC1(Sc2ccccc2)CCCC1)NC1CCc2nc(COC)nn2C1.I. The summed E-state index contributed by atoms with van der Waals surface area (Å²) in [4.78, 5) is 10.4. The Morgan fingerprint density at radius 1 is 1.29 bits per heavy atom. The minimum Gasteiger partial charge on any atom is -0.377 e. The number of guanidine groups is 1. The smallest absolute Gasteiger partial charge is 0.191 e. The molecule has 31 heavy (non-hydrogen) atoms. The lowest BCUT2D eigenvalue weighted by Gasteiger charge is -2.31. The van der Waals surface area contributed by atoms with Crippen molar-refractivity contribution in [2.24, 2.45) is 4.99 Å². The number of ether oxygens (including phenoxy) is 1. The quantitative estimate of drug-likeness (QED) is 0.308. The number of thioether (sulfide) groups is 1. The van der Waals surface area contributed by atoms with Crippen molar-refractivity contribution in [2.45, 2.75) is 67.4 Å². The first kappa shape index (κ1) is 24.3. The van der Waals surface area contributed by atoms with E-state index in [2.05, 4.69) is 56.0 Å². The van der Waals surface area contributed by atoms with Crippen molar-refractivity contribution in [2.75, 3.05) is 20.7 Å². The second kappa shape index (κ2) is 11.5. The van der Waals surface area contributed by atoms with E-state index in [9.17, 15) is 0 Å². The highest BCUT2D eigenvalue weighted by Crippen LogP contribution is 2.44. The van der Waals surface area contributed by atoms with Gasteiger partial charge < -0.3 is 15.4 Å². The van der Waals surface area contributed by atoms with Crippen molar-refractivity contribution >= 4 is 41.7 Å². The van der Waals surface area contributed by atoms with Crippen LogP contribution in [0.4, 0.5) is 0 Å². The molecule has 1 aromatic heterocycles. The molecule has 0 spiro atoms. The number of aromatic nitrogens is 3. The first-order valence-corrected chi connectivity index (χ1v) is 11.6. The first-order valence-electron chi connectivity index (χ1n) is 10.8. The molecule has 1 fully saturated rings. The summed E-state index contributed by atoms with van der Waals surface area (Å²) in [7, 11) is 3.52. The highest BCUT2D eigenvalue weighted by atomic mass is 127. The number of aliphatic imine (C=N–C) groups is 1. The van der Waals surface area contributed by atoms with Crippen LogP contribution in [0.2, 0.25) is 0 Å². The van der Waals surface area contributed by atoms with E-state index in [0.717, 1.165) is 43.5 Å². The normalized spacial score (nSPS) is 20.1. The minimum absolute atomic E-state index is 0. The monoisotopic (exact) mass is 556 g/mol. The molecule has 2 aromatic rings. The van der Waals surface area contributed by atoms with Crippen LogP contribution in [-0.2, 0) is 24.3 Å². The maximum Gasteiger partial charge on any atom is 0.191 e. The maximum absolute atomic E-state index is 5.16. The van der Waals surface area contributed by atoms with Gasteiger partial charge in [0.2, 0.25) is 0 Å². The van der Waals surface area contributed by atoms with Crippen molar-refractivity contribution < 1.29 is 4.74 Å². The number of hydrogen-bond acceptors (Lipinski definition) is 5. The van der Waals surface area contributed by atoms with Gasteiger partial charge in [-0.05, 0) is 31.4 Å². The molecule has 1 aliphatic heterocycles. The Morgan fingerprint density at radius 2 is 2.06 bits per heavy atom. The van der Waals surface area contributed by atoms with Crippen LogP contribution in [0.5, 0.6) is 0 Å². The fourth-order valence-corrected chi connectivity index (χ4v) is 5.80. The second-order valence-corrected chi connectivity index (χ2v) is 9.71. The zero-order valence-corrected chi connectivity index (χ0v) is 21.5. The molecule has 0 amide bonds. The molecule has 2 heterocycles. The number of nitrogens with one attached hydrogen (secondary N) is 2. The van der Waals surface area contributed by atoms with E-state index in [0.29, 0.717) is 12.6 Å². The van der Waals surface area contributed by atoms with Crippen molar-refractivity contribution in [1.82, 2.24) is 25.4 Å². The third-order valence-corrected chi connectivity index (χ3v) is 7.40. The molecular formula is C22H33IN6OS. The summed E-state index contributed by atoms with van der Waals surface area (Å²) in [6.45, 7) is 2.19. The van der Waals surface area contributed by atoms with Gasteiger partial charge in [-0.2, -0.15) is 5.10 Å². The molecule has 2 aliphatic rings. The molecule has 0 saturated heterocycles. The maximum atomic E-state index is 5.16. The first-order chi connectivity index (χ1) is 14.7. The molecule has 4 rings (SSSR count). The Labute approximate surface area is 206 Å². The van der Waals surface area contributed by atoms with Crippen LogP contribution < -0.4 is 10.6 Å². The Kier molecular flexibility index (Phi) is 9.03. The van der Waals surface area contributed by atoms with Crippen molar-refractivity contribution in [3.8, 4) is 0 Å². The molecule has 9 heteroatoms. The Morgan fingerprint density at radius 3 is 2.77 bits per heavy atom. The van der Waals surface area contributed by atoms with Crippen molar-refractivity contribution in [3.05, 3.63) is 42.0 Å². The Hall–Kier alpha value is -1.33. The molecule has 7 nitrogen and oxygen atoms in total. The van der Waals surface area contributed by atoms with E-state index in [1.54, 1.807) is 7.11 Å². The van der Waals surface area contributed by atoms with Gasteiger partial charge in [0, 0.05) is 42.8 Å². The third kappa shape index (κ3) is 6.35. The molecule has 1 unspecified atom stereocenters. The molecule has 1 saturated carbocycles. The molecule has 1 aromatic carbocycles. The van der Waals surface area contributed by atoms with Gasteiger partial charge in [0.1, 0.15) is 12.4 Å². The lowest BCUT2D eigenvalue weighted by Crippen LogP contribution is -2.50. The van der Waals surface area contributed by atoms with Crippen molar-refractivity contribution in [1.29, 1.82) is 0 Å². The topological polar surface area (TPSA) is 76.4 Å². The average Bonchev–Trinajstić information content (AvgIpc) is 3.38. The summed E-state index contributed by atoms with van der Waals surface area (Å²) in [5.74, 6) is 2.68. The number of nitrogens with zero attached hydrogens (tertiary/aromatic N) is 4. The van der Waals surface area contributed by atoms with Gasteiger partial charge in [0.15, 0.2) is 11.8 Å². The number of rotatable bonds is 7. The fourth-order valence-electron chi connectivity index (χ4n) is 4.37. The molecule has 170 valence electrons. The van der Waals surface area contributed by atoms with Gasteiger partial charge in [-0.1, -0.05) is 31.0 Å². The number of fused-ring (bicyclic) bond motifs is 1. The summed E-state index contributed by atoms with van der Waals surface area (Å²) < 4.78 is 7.40. The molecular weight excluding hydrogens is 523 g/mol. The number of hydrogen-bond donors (Lipinski definition) is 2. The second-order valence-electron chi connectivity index (χ2n) is 8.17. The van der Waals surface area contributed by atoms with Gasteiger partial charge in [-0.3, -0.25) is 4.99 Å².